The maximum Gasteiger partial charge on any atom is 0.171 e. The number of rotatable bonds is 5. The summed E-state index contributed by atoms with van der Waals surface area (Å²) in [6, 6.07) is 27.6. The number of ether oxygens (including phenoxy) is 1. The molecule has 120 valence electrons. The van der Waals surface area contributed by atoms with Crippen LogP contribution in [0.3, 0.4) is 0 Å². The van der Waals surface area contributed by atoms with E-state index in [0.717, 1.165) is 22.7 Å². The lowest BCUT2D eigenvalue weighted by molar-refractivity contribution is 0.482. The molecule has 0 amide bonds. The highest BCUT2D eigenvalue weighted by molar-refractivity contribution is 7.80. The van der Waals surface area contributed by atoms with E-state index in [9.17, 15) is 0 Å². The van der Waals surface area contributed by atoms with E-state index in [2.05, 4.69) is 10.6 Å². The molecule has 2 N–H and O–H groups in total. The van der Waals surface area contributed by atoms with E-state index in [1.807, 2.05) is 84.9 Å². The van der Waals surface area contributed by atoms with Crippen molar-refractivity contribution >= 4 is 23.0 Å². The fraction of sp³-hybridized carbons (Fsp3) is 0.0500. The minimum atomic E-state index is 0.593. The first-order valence-electron chi connectivity index (χ1n) is 7.71. The van der Waals surface area contributed by atoms with Gasteiger partial charge in [0.05, 0.1) is 0 Å². The summed E-state index contributed by atoms with van der Waals surface area (Å²) in [6.07, 6.45) is 0. The van der Waals surface area contributed by atoms with Crippen LogP contribution in [0, 0.1) is 0 Å². The van der Waals surface area contributed by atoms with Crippen LogP contribution in [-0.2, 0) is 6.54 Å². The van der Waals surface area contributed by atoms with Gasteiger partial charge in [0, 0.05) is 12.2 Å². The van der Waals surface area contributed by atoms with Crippen LogP contribution in [0.1, 0.15) is 5.56 Å². The van der Waals surface area contributed by atoms with Gasteiger partial charge in [-0.3, -0.25) is 0 Å². The number of anilines is 1. The number of benzene rings is 3. The minimum Gasteiger partial charge on any atom is -0.457 e. The van der Waals surface area contributed by atoms with Gasteiger partial charge in [-0.15, -0.1) is 0 Å². The fourth-order valence-electron chi connectivity index (χ4n) is 2.22. The van der Waals surface area contributed by atoms with Crippen LogP contribution in [0.5, 0.6) is 11.5 Å². The molecule has 0 aliphatic carbocycles. The Hall–Kier alpha value is -2.85. The molecule has 4 heteroatoms. The Morgan fingerprint density at radius 2 is 1.46 bits per heavy atom. The average molecular weight is 334 g/mol. The SMILES string of the molecule is S=C(NCc1cccc(Oc2ccccc2)c1)Nc1ccccc1. The molecule has 3 aromatic carbocycles. The Kier molecular flexibility index (Phi) is 5.43. The Morgan fingerprint density at radius 3 is 2.21 bits per heavy atom. The lowest BCUT2D eigenvalue weighted by Crippen LogP contribution is -2.27. The van der Waals surface area contributed by atoms with Crippen molar-refractivity contribution in [3.63, 3.8) is 0 Å². The molecule has 0 saturated carbocycles. The van der Waals surface area contributed by atoms with Gasteiger partial charge in [0.15, 0.2) is 5.11 Å². The van der Waals surface area contributed by atoms with Crippen molar-refractivity contribution in [3.05, 3.63) is 90.5 Å². The van der Waals surface area contributed by atoms with Crippen LogP contribution in [0.25, 0.3) is 0 Å². The highest BCUT2D eigenvalue weighted by Crippen LogP contribution is 2.21. The number of thiocarbonyl (C=S) groups is 1. The van der Waals surface area contributed by atoms with Gasteiger partial charge in [0.1, 0.15) is 11.5 Å². The molecule has 0 saturated heterocycles. The third kappa shape index (κ3) is 4.83. The predicted molar refractivity (Wildman–Crippen MR) is 102 cm³/mol. The zero-order valence-corrected chi connectivity index (χ0v) is 13.9. The number of hydrogen-bond donors (Lipinski definition) is 2. The van der Waals surface area contributed by atoms with Crippen molar-refractivity contribution in [1.29, 1.82) is 0 Å². The molecule has 0 aliphatic heterocycles. The molecule has 0 atom stereocenters. The maximum atomic E-state index is 5.85. The van der Waals surface area contributed by atoms with Gasteiger partial charge in [0.25, 0.3) is 0 Å². The second-order valence-corrected chi connectivity index (χ2v) is 5.64. The van der Waals surface area contributed by atoms with Crippen LogP contribution in [-0.4, -0.2) is 5.11 Å². The van der Waals surface area contributed by atoms with E-state index >= 15 is 0 Å². The molecule has 0 unspecified atom stereocenters. The molecule has 0 spiro atoms. The molecular weight excluding hydrogens is 316 g/mol. The highest BCUT2D eigenvalue weighted by atomic mass is 32.1. The Bertz CT molecular complexity index is 791. The maximum absolute atomic E-state index is 5.85. The first kappa shape index (κ1) is 16.0. The molecule has 3 nitrogen and oxygen atoms in total. The van der Waals surface area contributed by atoms with Gasteiger partial charge in [-0.25, -0.2) is 0 Å². The standard InChI is InChI=1S/C20H18N2OS/c24-20(22-17-9-3-1-4-10-17)21-15-16-8-7-13-19(14-16)23-18-11-5-2-6-12-18/h1-14H,15H2,(H2,21,22,24). The van der Waals surface area contributed by atoms with E-state index in [4.69, 9.17) is 17.0 Å². The third-order valence-corrected chi connectivity index (χ3v) is 3.61. The van der Waals surface area contributed by atoms with Crippen LogP contribution < -0.4 is 15.4 Å². The summed E-state index contributed by atoms with van der Waals surface area (Å²) >= 11 is 5.32. The fourth-order valence-corrected chi connectivity index (χ4v) is 2.41. The quantitative estimate of drug-likeness (QED) is 0.646. The largest absolute Gasteiger partial charge is 0.457 e. The Labute approximate surface area is 147 Å². The molecule has 3 aromatic rings. The van der Waals surface area contributed by atoms with Gasteiger partial charge in [-0.05, 0) is 54.2 Å². The van der Waals surface area contributed by atoms with Crippen LogP contribution >= 0.6 is 12.2 Å². The Balaban J connectivity index is 1.55. The molecule has 0 heterocycles. The van der Waals surface area contributed by atoms with E-state index in [1.165, 1.54) is 0 Å². The zero-order chi connectivity index (χ0) is 16.6. The predicted octanol–water partition coefficient (Wildman–Crippen LogP) is 4.97. The van der Waals surface area contributed by atoms with Gasteiger partial charge in [-0.1, -0.05) is 48.5 Å². The topological polar surface area (TPSA) is 33.3 Å². The summed E-state index contributed by atoms with van der Waals surface area (Å²) in [4.78, 5) is 0. The molecule has 0 aromatic heterocycles. The normalized spacial score (nSPS) is 10.0. The van der Waals surface area contributed by atoms with E-state index in [1.54, 1.807) is 0 Å². The van der Waals surface area contributed by atoms with Crippen molar-refractivity contribution in [2.24, 2.45) is 0 Å². The molecule has 0 fully saturated rings. The number of para-hydroxylation sites is 2. The van der Waals surface area contributed by atoms with E-state index in [0.29, 0.717) is 11.7 Å². The summed E-state index contributed by atoms with van der Waals surface area (Å²) in [6.45, 7) is 0.630. The summed E-state index contributed by atoms with van der Waals surface area (Å²) in [7, 11) is 0. The zero-order valence-electron chi connectivity index (χ0n) is 13.1. The van der Waals surface area contributed by atoms with Gasteiger partial charge in [0.2, 0.25) is 0 Å². The first-order chi connectivity index (χ1) is 11.8. The van der Waals surface area contributed by atoms with Crippen molar-refractivity contribution in [2.45, 2.75) is 6.54 Å². The summed E-state index contributed by atoms with van der Waals surface area (Å²) < 4.78 is 5.85. The lowest BCUT2D eigenvalue weighted by Gasteiger charge is -2.11. The number of hydrogen-bond acceptors (Lipinski definition) is 2. The molecule has 0 radical (unpaired) electrons. The molecule has 24 heavy (non-hydrogen) atoms. The minimum absolute atomic E-state index is 0.593. The summed E-state index contributed by atoms with van der Waals surface area (Å²) in [5, 5.41) is 6.95. The molecule has 3 rings (SSSR count). The van der Waals surface area contributed by atoms with Crippen molar-refractivity contribution in [3.8, 4) is 11.5 Å². The van der Waals surface area contributed by atoms with Crippen LogP contribution in [0.4, 0.5) is 5.69 Å². The third-order valence-electron chi connectivity index (χ3n) is 3.36. The van der Waals surface area contributed by atoms with Gasteiger partial charge < -0.3 is 15.4 Å². The molecular formula is C20H18N2OS. The van der Waals surface area contributed by atoms with E-state index < -0.39 is 0 Å². The second-order valence-electron chi connectivity index (χ2n) is 5.24. The van der Waals surface area contributed by atoms with Crippen LogP contribution in [0.15, 0.2) is 84.9 Å². The Morgan fingerprint density at radius 1 is 0.792 bits per heavy atom. The smallest absolute Gasteiger partial charge is 0.171 e. The van der Waals surface area contributed by atoms with Gasteiger partial charge in [-0.2, -0.15) is 0 Å². The first-order valence-corrected chi connectivity index (χ1v) is 8.12. The van der Waals surface area contributed by atoms with Crippen molar-refractivity contribution < 1.29 is 4.74 Å². The monoisotopic (exact) mass is 334 g/mol. The van der Waals surface area contributed by atoms with Gasteiger partial charge >= 0.3 is 0 Å². The lowest BCUT2D eigenvalue weighted by atomic mass is 10.2. The summed E-state index contributed by atoms with van der Waals surface area (Å²) in [5.74, 6) is 1.63. The van der Waals surface area contributed by atoms with E-state index in [-0.39, 0.29) is 0 Å². The number of nitrogens with one attached hydrogen (secondary N) is 2. The molecule has 0 bridgehead atoms. The highest BCUT2D eigenvalue weighted by Gasteiger charge is 2.01. The van der Waals surface area contributed by atoms with Crippen LogP contribution in [0.2, 0.25) is 0 Å². The second kappa shape index (κ2) is 8.13. The van der Waals surface area contributed by atoms with Crippen molar-refractivity contribution in [2.75, 3.05) is 5.32 Å². The summed E-state index contributed by atoms with van der Waals surface area (Å²) in [5.41, 5.74) is 2.07. The van der Waals surface area contributed by atoms with Crippen molar-refractivity contribution in [1.82, 2.24) is 5.32 Å². The average Bonchev–Trinajstić information content (AvgIpc) is 2.62. The molecule has 0 aliphatic rings.